The molecule has 0 spiro atoms. The van der Waals surface area contributed by atoms with Crippen molar-refractivity contribution >= 4 is 22.4 Å². The zero-order chi connectivity index (χ0) is 10.9. The van der Waals surface area contributed by atoms with Crippen LogP contribution in [0.3, 0.4) is 0 Å². The number of aliphatic carboxylic acids is 1. The summed E-state index contributed by atoms with van der Waals surface area (Å²) in [6.45, 7) is 3.53. The summed E-state index contributed by atoms with van der Waals surface area (Å²) in [5, 5.41) is 9.73. The van der Waals surface area contributed by atoms with Crippen molar-refractivity contribution in [1.29, 1.82) is 0 Å². The minimum absolute atomic E-state index is 0.471. The fourth-order valence-electron chi connectivity index (χ4n) is 1.10. The molecule has 0 aliphatic rings. The summed E-state index contributed by atoms with van der Waals surface area (Å²) in [5.74, 6) is -1.27. The molecule has 0 aliphatic heterocycles. The van der Waals surface area contributed by atoms with Gasteiger partial charge in [0.2, 0.25) is 0 Å². The number of hydrogen-bond acceptors (Lipinski definition) is 4. The van der Waals surface area contributed by atoms with Gasteiger partial charge in [0, 0.05) is 19.0 Å². The summed E-state index contributed by atoms with van der Waals surface area (Å²) in [4.78, 5) is 17.8. The Balaban J connectivity index is 3.04. The quantitative estimate of drug-likeness (QED) is 0.832. The van der Waals surface area contributed by atoms with E-state index in [0.717, 1.165) is 15.7 Å². The molecule has 1 aromatic heterocycles. The molecule has 0 aliphatic carbocycles. The van der Waals surface area contributed by atoms with Crippen molar-refractivity contribution in [2.24, 2.45) is 0 Å². The lowest BCUT2D eigenvalue weighted by Crippen LogP contribution is -2.07. The molecule has 1 rings (SSSR count). The van der Waals surface area contributed by atoms with Crippen LogP contribution in [-0.2, 0) is 4.79 Å². The largest absolute Gasteiger partial charge is 0.481 e. The van der Waals surface area contributed by atoms with Gasteiger partial charge in [0.05, 0.1) is 11.6 Å². The molecular formula is C9H14N2O2S. The Morgan fingerprint density at radius 1 is 1.57 bits per heavy atom. The van der Waals surface area contributed by atoms with Crippen molar-refractivity contribution in [3.05, 3.63) is 10.6 Å². The lowest BCUT2D eigenvalue weighted by atomic mass is 10.1. The summed E-state index contributed by atoms with van der Waals surface area (Å²) in [6, 6.07) is 0. The lowest BCUT2D eigenvalue weighted by molar-refractivity contribution is -0.138. The molecular weight excluding hydrogens is 200 g/mol. The van der Waals surface area contributed by atoms with Crippen LogP contribution in [0.15, 0.2) is 0 Å². The molecule has 1 heterocycles. The number of aromatic nitrogens is 1. The van der Waals surface area contributed by atoms with Gasteiger partial charge in [-0.05, 0) is 13.8 Å². The molecule has 5 heteroatoms. The first-order valence-corrected chi connectivity index (χ1v) is 5.12. The first kappa shape index (κ1) is 11.0. The molecule has 14 heavy (non-hydrogen) atoms. The second-order valence-corrected chi connectivity index (χ2v) is 4.41. The second-order valence-electron chi connectivity index (χ2n) is 3.40. The van der Waals surface area contributed by atoms with E-state index in [1.54, 1.807) is 6.92 Å². The molecule has 4 nitrogen and oxygen atoms in total. The normalized spacial score (nSPS) is 12.6. The van der Waals surface area contributed by atoms with Gasteiger partial charge < -0.3 is 10.0 Å². The molecule has 0 saturated heterocycles. The maximum atomic E-state index is 10.8. The summed E-state index contributed by atoms with van der Waals surface area (Å²) in [7, 11) is 3.79. The van der Waals surface area contributed by atoms with Crippen LogP contribution in [0.25, 0.3) is 0 Å². The number of carbonyl (C=O) groups is 1. The number of thiazole rings is 1. The van der Waals surface area contributed by atoms with Gasteiger partial charge in [-0.3, -0.25) is 4.79 Å². The summed E-state index contributed by atoms with van der Waals surface area (Å²) in [6.07, 6.45) is 0. The highest BCUT2D eigenvalue weighted by Crippen LogP contribution is 2.30. The maximum Gasteiger partial charge on any atom is 0.311 e. The Labute approximate surface area is 87.2 Å². The third kappa shape index (κ3) is 2.04. The third-order valence-electron chi connectivity index (χ3n) is 1.97. The summed E-state index contributed by atoms with van der Waals surface area (Å²) in [5.41, 5.74) is 0.814. The number of carboxylic acid groups (broad SMARTS) is 1. The van der Waals surface area contributed by atoms with Crippen LogP contribution in [0.1, 0.15) is 23.4 Å². The average Bonchev–Trinajstić information content (AvgIpc) is 2.46. The minimum Gasteiger partial charge on any atom is -0.481 e. The van der Waals surface area contributed by atoms with Gasteiger partial charge in [-0.1, -0.05) is 0 Å². The first-order chi connectivity index (χ1) is 6.43. The van der Waals surface area contributed by atoms with Crippen molar-refractivity contribution < 1.29 is 9.90 Å². The van der Waals surface area contributed by atoms with E-state index in [1.165, 1.54) is 11.3 Å². The van der Waals surface area contributed by atoms with Crippen LogP contribution in [-0.4, -0.2) is 30.2 Å². The molecule has 0 radical (unpaired) electrons. The third-order valence-corrected chi connectivity index (χ3v) is 3.48. The zero-order valence-electron chi connectivity index (χ0n) is 8.74. The molecule has 1 atom stereocenters. The van der Waals surface area contributed by atoms with Gasteiger partial charge in [0.1, 0.15) is 0 Å². The molecule has 1 N–H and O–H groups in total. The molecule has 1 aromatic rings. The smallest absolute Gasteiger partial charge is 0.311 e. The number of anilines is 1. The van der Waals surface area contributed by atoms with E-state index in [9.17, 15) is 4.79 Å². The number of aryl methyl sites for hydroxylation is 1. The van der Waals surface area contributed by atoms with E-state index in [-0.39, 0.29) is 0 Å². The summed E-state index contributed by atoms with van der Waals surface area (Å²) >= 11 is 1.44. The Kier molecular flexibility index (Phi) is 3.10. The molecule has 0 bridgehead atoms. The molecule has 0 aromatic carbocycles. The van der Waals surface area contributed by atoms with E-state index in [4.69, 9.17) is 5.11 Å². The van der Waals surface area contributed by atoms with Gasteiger partial charge in [-0.2, -0.15) is 0 Å². The van der Waals surface area contributed by atoms with Gasteiger partial charge in [-0.15, -0.1) is 11.3 Å². The van der Waals surface area contributed by atoms with Gasteiger partial charge in [0.15, 0.2) is 5.13 Å². The van der Waals surface area contributed by atoms with Crippen molar-refractivity contribution in [3.63, 3.8) is 0 Å². The van der Waals surface area contributed by atoms with E-state index in [1.807, 2.05) is 25.9 Å². The highest BCUT2D eigenvalue weighted by atomic mass is 32.1. The van der Waals surface area contributed by atoms with Crippen LogP contribution in [0, 0.1) is 6.92 Å². The number of hydrogen-bond donors (Lipinski definition) is 1. The lowest BCUT2D eigenvalue weighted by Gasteiger charge is -2.05. The minimum atomic E-state index is -0.804. The van der Waals surface area contributed by atoms with Crippen molar-refractivity contribution in [1.82, 2.24) is 4.98 Å². The molecule has 0 fully saturated rings. The fourth-order valence-corrected chi connectivity index (χ4v) is 2.13. The summed E-state index contributed by atoms with van der Waals surface area (Å²) < 4.78 is 0. The Morgan fingerprint density at radius 3 is 2.50 bits per heavy atom. The monoisotopic (exact) mass is 214 g/mol. The van der Waals surface area contributed by atoms with Crippen LogP contribution < -0.4 is 4.90 Å². The Morgan fingerprint density at radius 2 is 2.14 bits per heavy atom. The number of nitrogens with zero attached hydrogens (tertiary/aromatic N) is 2. The highest BCUT2D eigenvalue weighted by Gasteiger charge is 2.20. The topological polar surface area (TPSA) is 53.4 Å². The average molecular weight is 214 g/mol. The fraction of sp³-hybridized carbons (Fsp3) is 0.556. The standard InChI is InChI=1S/C9H14N2O2S/c1-5(8(12)13)7-6(2)10-9(14-7)11(3)4/h5H,1-4H3,(H,12,13). The van der Waals surface area contributed by atoms with Gasteiger partial charge in [-0.25, -0.2) is 4.98 Å². The number of rotatable bonds is 3. The Bertz CT molecular complexity index is 347. The SMILES string of the molecule is Cc1nc(N(C)C)sc1C(C)C(=O)O. The second kappa shape index (κ2) is 3.96. The molecule has 78 valence electrons. The number of carboxylic acids is 1. The molecule has 1 unspecified atom stereocenters. The predicted molar refractivity (Wildman–Crippen MR) is 57.2 cm³/mol. The highest BCUT2D eigenvalue weighted by molar-refractivity contribution is 7.15. The van der Waals surface area contributed by atoms with Gasteiger partial charge >= 0.3 is 5.97 Å². The van der Waals surface area contributed by atoms with Crippen molar-refractivity contribution in [2.75, 3.05) is 19.0 Å². The van der Waals surface area contributed by atoms with Crippen LogP contribution in [0.2, 0.25) is 0 Å². The zero-order valence-corrected chi connectivity index (χ0v) is 9.55. The van der Waals surface area contributed by atoms with Crippen LogP contribution >= 0.6 is 11.3 Å². The van der Waals surface area contributed by atoms with Crippen LogP contribution in [0.4, 0.5) is 5.13 Å². The van der Waals surface area contributed by atoms with E-state index in [2.05, 4.69) is 4.98 Å². The first-order valence-electron chi connectivity index (χ1n) is 4.31. The van der Waals surface area contributed by atoms with Gasteiger partial charge in [0.25, 0.3) is 0 Å². The predicted octanol–water partition coefficient (Wildman–Crippen LogP) is 1.71. The van der Waals surface area contributed by atoms with Crippen LogP contribution in [0.5, 0.6) is 0 Å². The maximum absolute atomic E-state index is 10.8. The van der Waals surface area contributed by atoms with E-state index >= 15 is 0 Å². The molecule has 0 saturated carbocycles. The molecule has 0 amide bonds. The van der Waals surface area contributed by atoms with Crippen molar-refractivity contribution in [3.8, 4) is 0 Å². The van der Waals surface area contributed by atoms with E-state index in [0.29, 0.717) is 0 Å². The Hall–Kier alpha value is -1.10. The van der Waals surface area contributed by atoms with Crippen molar-refractivity contribution in [2.45, 2.75) is 19.8 Å². The van der Waals surface area contributed by atoms with E-state index < -0.39 is 11.9 Å².